The lowest BCUT2D eigenvalue weighted by atomic mass is 10.1. The SMILES string of the molecule is COC(=O)CS(=O)(=O)c1ccc(CNC(=O)c2ccc3c(c2)nc(C(F)(F)F)n3Cc2cccc3c2OC(F)(F)O3)cc1. The van der Waals surface area contributed by atoms with Crippen molar-refractivity contribution in [3.63, 3.8) is 0 Å². The van der Waals surface area contributed by atoms with E-state index in [0.717, 1.165) is 17.7 Å². The summed E-state index contributed by atoms with van der Waals surface area (Å²) in [7, 11) is -2.86. The second-order valence-corrected chi connectivity index (χ2v) is 11.3. The van der Waals surface area contributed by atoms with Gasteiger partial charge in [-0.3, -0.25) is 9.59 Å². The number of sulfone groups is 1. The van der Waals surface area contributed by atoms with Crippen LogP contribution < -0.4 is 14.8 Å². The summed E-state index contributed by atoms with van der Waals surface area (Å²) in [6.45, 7) is -0.590. The zero-order chi connectivity index (χ0) is 31.2. The number of halogens is 5. The van der Waals surface area contributed by atoms with Crippen molar-refractivity contribution in [1.29, 1.82) is 0 Å². The van der Waals surface area contributed by atoms with Crippen molar-refractivity contribution < 1.29 is 54.2 Å². The van der Waals surface area contributed by atoms with Gasteiger partial charge in [0.15, 0.2) is 27.1 Å². The number of ether oxygens (including phenoxy) is 3. The predicted molar refractivity (Wildman–Crippen MR) is 138 cm³/mol. The van der Waals surface area contributed by atoms with E-state index in [1.165, 1.54) is 54.6 Å². The van der Waals surface area contributed by atoms with Crippen molar-refractivity contribution in [2.75, 3.05) is 12.9 Å². The Bertz CT molecular complexity index is 1840. The number of amides is 1. The number of imidazole rings is 1. The maximum Gasteiger partial charge on any atom is 0.586 e. The second-order valence-electron chi connectivity index (χ2n) is 9.30. The van der Waals surface area contributed by atoms with Gasteiger partial charge in [0.25, 0.3) is 5.91 Å². The number of nitrogens with one attached hydrogen (secondary N) is 1. The summed E-state index contributed by atoms with van der Waals surface area (Å²) < 4.78 is 108. The average Bonchev–Trinajstić information content (AvgIpc) is 3.47. The Morgan fingerprint density at radius 1 is 1.05 bits per heavy atom. The van der Waals surface area contributed by atoms with Gasteiger partial charge in [0.2, 0.25) is 5.82 Å². The first-order chi connectivity index (χ1) is 20.2. The molecule has 1 aromatic heterocycles. The number of nitrogens with zero attached hydrogens (tertiary/aromatic N) is 2. The topological polar surface area (TPSA) is 126 Å². The molecular weight excluding hydrogens is 605 g/mol. The van der Waals surface area contributed by atoms with Gasteiger partial charge in [-0.1, -0.05) is 24.3 Å². The first kappa shape index (κ1) is 29.8. The molecule has 43 heavy (non-hydrogen) atoms. The highest BCUT2D eigenvalue weighted by molar-refractivity contribution is 7.92. The Morgan fingerprint density at radius 2 is 1.77 bits per heavy atom. The van der Waals surface area contributed by atoms with E-state index in [1.54, 1.807) is 0 Å². The molecule has 5 rings (SSSR count). The van der Waals surface area contributed by atoms with Gasteiger partial charge in [0.1, 0.15) is 0 Å². The van der Waals surface area contributed by atoms with Gasteiger partial charge < -0.3 is 24.1 Å². The Morgan fingerprint density at radius 3 is 2.44 bits per heavy atom. The summed E-state index contributed by atoms with van der Waals surface area (Å²) in [4.78, 5) is 27.7. The van der Waals surface area contributed by atoms with Crippen LogP contribution in [0.4, 0.5) is 22.0 Å². The number of carbonyl (C=O) groups excluding carboxylic acids is 2. The van der Waals surface area contributed by atoms with E-state index >= 15 is 0 Å². The van der Waals surface area contributed by atoms with E-state index in [4.69, 9.17) is 0 Å². The molecule has 1 N–H and O–H groups in total. The molecule has 4 aromatic rings. The molecule has 0 saturated carbocycles. The smallest absolute Gasteiger partial charge is 0.468 e. The number of carbonyl (C=O) groups is 2. The number of alkyl halides is 5. The molecule has 0 fully saturated rings. The van der Waals surface area contributed by atoms with Gasteiger partial charge in [-0.15, -0.1) is 8.78 Å². The molecular formula is C27H20F5N3O7S. The zero-order valence-electron chi connectivity index (χ0n) is 21.9. The van der Waals surface area contributed by atoms with Crippen molar-refractivity contribution >= 4 is 32.7 Å². The number of hydrogen-bond acceptors (Lipinski definition) is 8. The van der Waals surface area contributed by atoms with E-state index in [-0.39, 0.29) is 39.4 Å². The predicted octanol–water partition coefficient (Wildman–Crippen LogP) is 4.30. The van der Waals surface area contributed by atoms with E-state index in [1.807, 2.05) is 0 Å². The van der Waals surface area contributed by atoms with E-state index < -0.39 is 58.1 Å². The Balaban J connectivity index is 1.35. The summed E-state index contributed by atoms with van der Waals surface area (Å²) in [5.74, 6) is -4.44. The van der Waals surface area contributed by atoms with Crippen molar-refractivity contribution in [1.82, 2.24) is 14.9 Å². The van der Waals surface area contributed by atoms with Gasteiger partial charge in [-0.25, -0.2) is 13.4 Å². The second kappa shape index (κ2) is 10.8. The first-order valence-corrected chi connectivity index (χ1v) is 13.9. The normalized spacial score (nSPS) is 14.1. The third-order valence-electron chi connectivity index (χ3n) is 6.37. The minimum atomic E-state index is -4.92. The summed E-state index contributed by atoms with van der Waals surface area (Å²) in [5.41, 5.74) is 0.291. The third-order valence-corrected chi connectivity index (χ3v) is 7.98. The molecule has 0 saturated heterocycles. The summed E-state index contributed by atoms with van der Waals surface area (Å²) in [5, 5.41) is 2.59. The number of benzene rings is 3. The molecule has 0 spiro atoms. The van der Waals surface area contributed by atoms with Crippen LogP contribution in [-0.2, 0) is 38.6 Å². The molecule has 0 bridgehead atoms. The highest BCUT2D eigenvalue weighted by Gasteiger charge is 2.45. The van der Waals surface area contributed by atoms with Crippen LogP contribution in [-0.4, -0.2) is 49.0 Å². The summed E-state index contributed by atoms with van der Waals surface area (Å²) in [6, 6.07) is 12.9. The van der Waals surface area contributed by atoms with Crippen LogP contribution in [0.5, 0.6) is 11.5 Å². The van der Waals surface area contributed by atoms with E-state index in [0.29, 0.717) is 5.56 Å². The Labute approximate surface area is 239 Å². The van der Waals surface area contributed by atoms with Gasteiger partial charge in [-0.05, 0) is 42.0 Å². The van der Waals surface area contributed by atoms with Crippen LogP contribution in [0.25, 0.3) is 11.0 Å². The fourth-order valence-electron chi connectivity index (χ4n) is 4.36. The van der Waals surface area contributed by atoms with Crippen molar-refractivity contribution in [2.45, 2.75) is 30.5 Å². The molecule has 0 atom stereocenters. The highest BCUT2D eigenvalue weighted by atomic mass is 32.2. The molecule has 2 heterocycles. The number of methoxy groups -OCH3 is 1. The lowest BCUT2D eigenvalue weighted by Crippen LogP contribution is -2.26. The van der Waals surface area contributed by atoms with Crippen LogP contribution >= 0.6 is 0 Å². The fourth-order valence-corrected chi connectivity index (χ4v) is 5.51. The molecule has 1 aliphatic heterocycles. The maximum atomic E-state index is 13.9. The molecule has 0 unspecified atom stereocenters. The van der Waals surface area contributed by atoms with Gasteiger partial charge in [0.05, 0.1) is 29.6 Å². The monoisotopic (exact) mass is 625 g/mol. The number of rotatable bonds is 8. The first-order valence-electron chi connectivity index (χ1n) is 12.3. The molecule has 10 nitrogen and oxygen atoms in total. The average molecular weight is 626 g/mol. The Hall–Kier alpha value is -4.73. The fraction of sp³-hybridized carbons (Fsp3) is 0.222. The molecule has 16 heteroatoms. The number of esters is 1. The van der Waals surface area contributed by atoms with Crippen molar-refractivity contribution in [3.8, 4) is 11.5 Å². The van der Waals surface area contributed by atoms with Gasteiger partial charge in [0, 0.05) is 17.7 Å². The minimum Gasteiger partial charge on any atom is -0.468 e. The van der Waals surface area contributed by atoms with Crippen LogP contribution in [0.1, 0.15) is 27.3 Å². The molecule has 0 aliphatic carbocycles. The van der Waals surface area contributed by atoms with Crippen molar-refractivity contribution in [2.24, 2.45) is 0 Å². The number of para-hydroxylation sites is 1. The van der Waals surface area contributed by atoms with Crippen LogP contribution in [0.2, 0.25) is 0 Å². The largest absolute Gasteiger partial charge is 0.586 e. The van der Waals surface area contributed by atoms with Crippen LogP contribution in [0, 0.1) is 0 Å². The van der Waals surface area contributed by atoms with Crippen LogP contribution in [0.15, 0.2) is 65.6 Å². The third kappa shape index (κ3) is 6.23. The summed E-state index contributed by atoms with van der Waals surface area (Å²) in [6.07, 6.45) is -8.88. The molecule has 0 radical (unpaired) electrons. The highest BCUT2D eigenvalue weighted by Crippen LogP contribution is 2.44. The number of hydrogen-bond donors (Lipinski definition) is 1. The van der Waals surface area contributed by atoms with E-state index in [9.17, 15) is 40.0 Å². The molecule has 1 amide bonds. The zero-order valence-corrected chi connectivity index (χ0v) is 22.8. The maximum absolute atomic E-state index is 13.9. The lowest BCUT2D eigenvalue weighted by Gasteiger charge is -2.13. The quantitative estimate of drug-likeness (QED) is 0.227. The minimum absolute atomic E-state index is 0.00888. The lowest BCUT2D eigenvalue weighted by molar-refractivity contribution is -0.287. The van der Waals surface area contributed by atoms with Crippen molar-refractivity contribution in [3.05, 3.63) is 83.2 Å². The molecule has 226 valence electrons. The molecule has 3 aromatic carbocycles. The van der Waals surface area contributed by atoms with Gasteiger partial charge >= 0.3 is 18.4 Å². The van der Waals surface area contributed by atoms with Crippen LogP contribution in [0.3, 0.4) is 0 Å². The Kier molecular flexibility index (Phi) is 7.50. The van der Waals surface area contributed by atoms with Gasteiger partial charge in [-0.2, -0.15) is 13.2 Å². The summed E-state index contributed by atoms with van der Waals surface area (Å²) >= 11 is 0. The van der Waals surface area contributed by atoms with E-state index in [2.05, 4.69) is 24.5 Å². The standard InChI is InChI=1S/C27H20F5N3O7S/c1-40-22(36)14-43(38,39)18-8-5-15(6-9-18)12-33-24(37)16-7-10-20-19(11-16)34-25(26(28,29)30)35(20)13-17-3-2-4-21-23(17)42-27(31,32)41-21/h2-11H,12-14H2,1H3,(H,33,37). The number of aromatic nitrogens is 2. The molecule has 1 aliphatic rings. The number of fused-ring (bicyclic) bond motifs is 2.